The van der Waals surface area contributed by atoms with Gasteiger partial charge in [-0.3, -0.25) is 0 Å². The average Bonchev–Trinajstić information content (AvgIpc) is 1.57. The zero-order valence-corrected chi connectivity index (χ0v) is 73.7. The van der Waals surface area contributed by atoms with Gasteiger partial charge >= 0.3 is 0 Å². The number of hydrogen-bond donors (Lipinski definition) is 0. The van der Waals surface area contributed by atoms with Gasteiger partial charge in [-0.05, 0) is 291 Å². The molecule has 0 N–H and O–H groups in total. The quantitative estimate of drug-likeness (QED) is 0.0730. The highest BCUT2D eigenvalue weighted by molar-refractivity contribution is 6.06. The van der Waals surface area contributed by atoms with E-state index in [-0.39, 0.29) is 40.3 Å². The van der Waals surface area contributed by atoms with E-state index >= 15 is 0 Å². The predicted molar refractivity (Wildman–Crippen MR) is 537 cm³/mol. The van der Waals surface area contributed by atoms with Gasteiger partial charge in [0.15, 0.2) is 58.1 Å². The Morgan fingerprint density at radius 1 is 0.182 bits per heavy atom. The van der Waals surface area contributed by atoms with E-state index in [1.807, 2.05) is 66.7 Å². The molecule has 1 aliphatic rings. The molecule has 23 rings (SSSR count). The maximum Gasteiger partial charge on any atom is 0.187 e. The van der Waals surface area contributed by atoms with E-state index in [0.717, 1.165) is 61.2 Å². The smallest absolute Gasteiger partial charge is 0.187 e. The second-order valence-corrected chi connectivity index (χ2v) is 33.9. The van der Waals surface area contributed by atoms with E-state index in [0.29, 0.717) is 91.5 Å². The van der Waals surface area contributed by atoms with Crippen molar-refractivity contribution in [3.05, 3.63) is 482 Å². The first-order chi connectivity index (χ1) is 66.9. The van der Waals surface area contributed by atoms with Crippen LogP contribution in [0.25, 0.3) is 218 Å². The first kappa shape index (κ1) is 85.8. The number of benzene rings is 19. The van der Waals surface area contributed by atoms with Crippen LogP contribution < -0.4 is 0 Å². The van der Waals surface area contributed by atoms with Gasteiger partial charge in [0.1, 0.15) is 34.9 Å². The van der Waals surface area contributed by atoms with Crippen molar-refractivity contribution in [2.45, 2.75) is 19.3 Å². The SMILES string of the molecule is Fc1ccc(-c2nc(-c3ccc(F)cc3)nc(-c3ccc(-c4ccc5ccc(-c6ccccc6)cc5c4)cc3)n2)cc1.Fc1ccc(-c2nc(-c3ccc(F)cc3)nc(-c3ccc(-c4cccc5c(-c6ccc7ccccc7c6)cccc45)cc3)n2)cc1.[C-]#[N+]c1ccc2c(c1)C(C)(C)c1cc(-c3ccc(-c4ccc(-c5nc(-c6ccc(F)cc6)nc(-c6ccc(F)cc6)n5)cc4)cc3)ccc1-2. The van der Waals surface area contributed by atoms with Crippen LogP contribution in [0.1, 0.15) is 25.0 Å². The topological polar surface area (TPSA) is 120 Å². The Bertz CT molecular complexity index is 8170. The first-order valence-corrected chi connectivity index (χ1v) is 44.5. The van der Waals surface area contributed by atoms with Gasteiger partial charge in [-0.25, -0.2) is 76.0 Å². The maximum atomic E-state index is 13.7. The molecule has 19 aromatic carbocycles. The van der Waals surface area contributed by atoms with Gasteiger partial charge < -0.3 is 0 Å². The van der Waals surface area contributed by atoms with Crippen LogP contribution in [-0.4, -0.2) is 44.9 Å². The Balaban J connectivity index is 0.000000123. The molecular formula is C121H76F6N10. The van der Waals surface area contributed by atoms with Crippen LogP contribution in [0.2, 0.25) is 0 Å². The normalized spacial score (nSPS) is 11.7. The molecule has 16 heteroatoms. The van der Waals surface area contributed by atoms with E-state index in [4.69, 9.17) is 36.5 Å². The molecule has 0 amide bonds. The first-order valence-electron chi connectivity index (χ1n) is 44.5. The summed E-state index contributed by atoms with van der Waals surface area (Å²) in [6, 6.07) is 133. The maximum absolute atomic E-state index is 13.7. The van der Waals surface area contributed by atoms with E-state index in [1.165, 1.54) is 150 Å². The number of halogens is 6. The molecule has 0 atom stereocenters. The minimum absolute atomic E-state index is 0.193. The lowest BCUT2D eigenvalue weighted by atomic mass is 9.81. The Hall–Kier alpha value is -17.9. The third-order valence-electron chi connectivity index (χ3n) is 24.9. The molecule has 0 saturated heterocycles. The lowest BCUT2D eigenvalue weighted by Gasteiger charge is -2.22. The second kappa shape index (κ2) is 37.0. The third-order valence-corrected chi connectivity index (χ3v) is 24.9. The number of hydrogen-bond acceptors (Lipinski definition) is 9. The van der Waals surface area contributed by atoms with Gasteiger partial charge in [0.05, 0.1) is 6.57 Å². The van der Waals surface area contributed by atoms with Crippen LogP contribution in [0.15, 0.2) is 425 Å². The van der Waals surface area contributed by atoms with E-state index in [2.05, 4.69) is 246 Å². The lowest BCUT2D eigenvalue weighted by molar-refractivity contribution is 0.627. The van der Waals surface area contributed by atoms with Gasteiger partial charge in [-0.15, -0.1) is 0 Å². The molecule has 0 radical (unpaired) electrons. The molecule has 3 heterocycles. The average molecular weight is 1780 g/mol. The minimum atomic E-state index is -0.348. The van der Waals surface area contributed by atoms with Gasteiger partial charge in [-0.1, -0.05) is 269 Å². The number of rotatable bonds is 15. The van der Waals surface area contributed by atoms with Crippen molar-refractivity contribution >= 4 is 38.0 Å². The van der Waals surface area contributed by atoms with Gasteiger partial charge in [0, 0.05) is 55.5 Å². The number of fused-ring (bicyclic) bond motifs is 6. The van der Waals surface area contributed by atoms with Crippen molar-refractivity contribution in [3.8, 4) is 180 Å². The molecule has 0 fully saturated rings. The summed E-state index contributed by atoms with van der Waals surface area (Å²) in [6.07, 6.45) is 0. The molecule has 3 aromatic heterocycles. The lowest BCUT2D eigenvalue weighted by Crippen LogP contribution is -2.14. The zero-order valence-electron chi connectivity index (χ0n) is 73.7. The zero-order chi connectivity index (χ0) is 93.2. The fourth-order valence-electron chi connectivity index (χ4n) is 17.5. The van der Waals surface area contributed by atoms with Gasteiger partial charge in [-0.2, -0.15) is 0 Å². The summed E-state index contributed by atoms with van der Waals surface area (Å²) in [5.41, 5.74) is 25.2. The molecule has 1 aliphatic carbocycles. The van der Waals surface area contributed by atoms with Crippen molar-refractivity contribution in [1.82, 2.24) is 44.9 Å². The summed E-state index contributed by atoms with van der Waals surface area (Å²) in [7, 11) is 0. The van der Waals surface area contributed by atoms with Crippen LogP contribution in [-0.2, 0) is 5.41 Å². The Kier molecular flexibility index (Phi) is 23.2. The van der Waals surface area contributed by atoms with Crippen LogP contribution in [0.3, 0.4) is 0 Å². The van der Waals surface area contributed by atoms with E-state index in [9.17, 15) is 26.3 Å². The van der Waals surface area contributed by atoms with Crippen LogP contribution >= 0.6 is 0 Å². The van der Waals surface area contributed by atoms with Crippen LogP contribution in [0.5, 0.6) is 0 Å². The summed E-state index contributed by atoms with van der Waals surface area (Å²) in [5.74, 6) is 1.77. The van der Waals surface area contributed by atoms with E-state index < -0.39 is 0 Å². The summed E-state index contributed by atoms with van der Waals surface area (Å²) >= 11 is 0. The fourth-order valence-corrected chi connectivity index (χ4v) is 17.5. The fraction of sp³-hybridized carbons (Fsp3) is 0.0248. The summed E-state index contributed by atoms with van der Waals surface area (Å²) in [5, 5.41) is 7.14. The van der Waals surface area contributed by atoms with E-state index in [1.54, 1.807) is 72.8 Å². The van der Waals surface area contributed by atoms with Crippen molar-refractivity contribution in [2.75, 3.05) is 0 Å². The summed E-state index contributed by atoms with van der Waals surface area (Å²) in [6.45, 7) is 11.9. The molecule has 22 aromatic rings. The predicted octanol–water partition coefficient (Wildman–Crippen LogP) is 31.8. The van der Waals surface area contributed by atoms with Crippen molar-refractivity contribution in [3.63, 3.8) is 0 Å². The van der Waals surface area contributed by atoms with Crippen molar-refractivity contribution in [1.29, 1.82) is 0 Å². The van der Waals surface area contributed by atoms with Crippen molar-refractivity contribution < 1.29 is 26.3 Å². The van der Waals surface area contributed by atoms with Gasteiger partial charge in [0.2, 0.25) is 0 Å². The molecule has 0 spiro atoms. The molecule has 0 bridgehead atoms. The molecule has 0 unspecified atom stereocenters. The molecule has 652 valence electrons. The number of nitrogens with zero attached hydrogens (tertiary/aromatic N) is 10. The van der Waals surface area contributed by atoms with Crippen LogP contribution in [0, 0.1) is 41.5 Å². The highest BCUT2D eigenvalue weighted by atomic mass is 19.1. The number of aromatic nitrogens is 9. The summed E-state index contributed by atoms with van der Waals surface area (Å²) in [4.78, 5) is 45.9. The molecule has 10 nitrogen and oxygen atoms in total. The highest BCUT2D eigenvalue weighted by Gasteiger charge is 2.36. The Morgan fingerprint density at radius 2 is 0.423 bits per heavy atom. The van der Waals surface area contributed by atoms with Crippen LogP contribution in [0.4, 0.5) is 32.0 Å². The Labute approximate surface area is 786 Å². The molecular weight excluding hydrogens is 1710 g/mol. The van der Waals surface area contributed by atoms with Crippen molar-refractivity contribution in [2.24, 2.45) is 0 Å². The summed E-state index contributed by atoms with van der Waals surface area (Å²) < 4.78 is 81.9. The largest absolute Gasteiger partial charge is 0.238 e. The third kappa shape index (κ3) is 18.1. The minimum Gasteiger partial charge on any atom is -0.238 e. The Morgan fingerprint density at radius 3 is 0.774 bits per heavy atom. The highest BCUT2D eigenvalue weighted by Crippen LogP contribution is 2.51. The second-order valence-electron chi connectivity index (χ2n) is 33.9. The molecule has 0 saturated carbocycles. The molecule has 137 heavy (non-hydrogen) atoms. The standard InChI is InChI=1S/C43H28F2N4.C41H25F2N3.C37H23F2N3/c1-43(2)38-24-32(16-22-36(38)37-23-21-35(46-3)25-39(37)43)28-6-4-26(5-7-28)27-8-10-29(11-9-27)40-47-41(30-12-17-33(44)18-13-30)49-42(48-40)31-14-19-34(45)20-15-31;42-33-21-17-29(18-22-33)40-44-39(45-41(46-40)30-19-23-34(43)24-20-30)28-14-12-27(13-15-28)35-7-3-10-38-36(8-4-9-37(35)38)32-16-11-26-5-1-2-6-31(26)25-32;38-33-18-14-28(15-19-33)36-40-35(41-37(42-36)29-16-20-34(39)21-17-29)27-10-6-25(7-11-27)31-13-9-26-8-12-30(22-32(26)23-31)24-4-2-1-3-5-24/h4-25H,1-2H3;1-25H;1-23H. The molecule has 0 aliphatic heterocycles. The van der Waals surface area contributed by atoms with Gasteiger partial charge in [0.25, 0.3) is 0 Å². The monoisotopic (exact) mass is 1780 g/mol.